The second kappa shape index (κ2) is 8.51. The lowest BCUT2D eigenvalue weighted by Crippen LogP contribution is -2.16. The number of ether oxygens (including phenoxy) is 1. The zero-order valence-electron chi connectivity index (χ0n) is 10.5. The van der Waals surface area contributed by atoms with Crippen LogP contribution in [-0.4, -0.2) is 13.2 Å². The first-order valence-corrected chi connectivity index (χ1v) is 6.73. The molecule has 0 spiro atoms. The van der Waals surface area contributed by atoms with Gasteiger partial charge in [0.05, 0.1) is 6.10 Å². The fraction of sp³-hybridized carbons (Fsp3) is 0.571. The fourth-order valence-corrected chi connectivity index (χ4v) is 2.03. The lowest BCUT2D eigenvalue weighted by atomic mass is 10.1. The highest BCUT2D eigenvalue weighted by atomic mass is 35.5. The normalized spacial score (nSPS) is 12.6. The van der Waals surface area contributed by atoms with Crippen LogP contribution >= 0.6 is 11.6 Å². The zero-order chi connectivity index (χ0) is 12.5. The van der Waals surface area contributed by atoms with Gasteiger partial charge in [0.1, 0.15) is 0 Å². The molecule has 0 radical (unpaired) electrons. The van der Waals surface area contributed by atoms with E-state index in [9.17, 15) is 0 Å². The highest BCUT2D eigenvalue weighted by Gasteiger charge is 2.12. The van der Waals surface area contributed by atoms with Gasteiger partial charge in [0, 0.05) is 23.7 Å². The number of hydrogen-bond acceptors (Lipinski definition) is 2. The van der Waals surface area contributed by atoms with E-state index in [-0.39, 0.29) is 6.10 Å². The van der Waals surface area contributed by atoms with Crippen molar-refractivity contribution in [2.75, 3.05) is 13.2 Å². The van der Waals surface area contributed by atoms with Gasteiger partial charge in [-0.15, -0.1) is 0 Å². The molecule has 1 rings (SSSR count). The van der Waals surface area contributed by atoms with Crippen molar-refractivity contribution in [2.24, 2.45) is 5.73 Å². The minimum absolute atomic E-state index is 0.0784. The molecule has 3 heteroatoms. The Morgan fingerprint density at radius 1 is 1.24 bits per heavy atom. The molecule has 1 aromatic carbocycles. The van der Waals surface area contributed by atoms with Crippen molar-refractivity contribution in [1.82, 2.24) is 0 Å². The lowest BCUT2D eigenvalue weighted by Gasteiger charge is -2.17. The van der Waals surface area contributed by atoms with Crippen molar-refractivity contribution in [3.8, 4) is 0 Å². The molecule has 0 aliphatic carbocycles. The van der Waals surface area contributed by atoms with Crippen LogP contribution in [0.3, 0.4) is 0 Å². The minimum atomic E-state index is -0.0784. The summed E-state index contributed by atoms with van der Waals surface area (Å²) in [6.07, 6.45) is 4.74. The maximum absolute atomic E-state index is 6.12. The molecule has 1 unspecified atom stereocenters. The third-order valence-corrected chi connectivity index (χ3v) is 3.13. The van der Waals surface area contributed by atoms with Crippen LogP contribution in [0, 0.1) is 0 Å². The summed E-state index contributed by atoms with van der Waals surface area (Å²) in [5.74, 6) is 0. The highest BCUT2D eigenvalue weighted by Crippen LogP contribution is 2.24. The Morgan fingerprint density at radius 3 is 2.65 bits per heavy atom. The average Bonchev–Trinajstić information content (AvgIpc) is 2.35. The summed E-state index contributed by atoms with van der Waals surface area (Å²) in [5, 5.41) is 0.733. The Kier molecular flexibility index (Phi) is 7.25. The van der Waals surface area contributed by atoms with Gasteiger partial charge in [-0.2, -0.15) is 0 Å². The Labute approximate surface area is 109 Å². The molecule has 0 bridgehead atoms. The number of hydrogen-bond donors (Lipinski definition) is 1. The summed E-state index contributed by atoms with van der Waals surface area (Å²) >= 11 is 6.12. The quantitative estimate of drug-likeness (QED) is 0.714. The van der Waals surface area contributed by atoms with Crippen molar-refractivity contribution in [1.29, 1.82) is 0 Å². The van der Waals surface area contributed by atoms with E-state index >= 15 is 0 Å². The van der Waals surface area contributed by atoms with Crippen LogP contribution in [0.5, 0.6) is 0 Å². The number of halogens is 1. The Morgan fingerprint density at radius 2 is 2.00 bits per heavy atom. The summed E-state index contributed by atoms with van der Waals surface area (Å²) in [6, 6.07) is 7.73. The van der Waals surface area contributed by atoms with Gasteiger partial charge in [0.2, 0.25) is 0 Å². The molecule has 96 valence electrons. The molecule has 2 nitrogen and oxygen atoms in total. The maximum atomic E-state index is 6.12. The molecule has 0 saturated carbocycles. The SMILES string of the molecule is CCCCCCOC(CN)c1ccccc1Cl. The summed E-state index contributed by atoms with van der Waals surface area (Å²) in [7, 11) is 0. The van der Waals surface area contributed by atoms with Crippen LogP contribution < -0.4 is 5.73 Å². The zero-order valence-corrected chi connectivity index (χ0v) is 11.2. The molecular formula is C14H22ClNO. The first-order valence-electron chi connectivity index (χ1n) is 6.35. The molecule has 0 aliphatic heterocycles. The molecule has 2 N–H and O–H groups in total. The van der Waals surface area contributed by atoms with Crippen molar-refractivity contribution < 1.29 is 4.74 Å². The van der Waals surface area contributed by atoms with Crippen LogP contribution in [0.4, 0.5) is 0 Å². The second-order valence-corrected chi connectivity index (χ2v) is 4.58. The fourth-order valence-electron chi connectivity index (χ4n) is 1.78. The Bertz CT molecular complexity index is 317. The average molecular weight is 256 g/mol. The molecule has 0 aliphatic rings. The van der Waals surface area contributed by atoms with Gasteiger partial charge in [-0.05, 0) is 12.5 Å². The molecular weight excluding hydrogens is 234 g/mol. The monoisotopic (exact) mass is 255 g/mol. The molecule has 17 heavy (non-hydrogen) atoms. The second-order valence-electron chi connectivity index (χ2n) is 4.18. The summed E-state index contributed by atoms with van der Waals surface area (Å²) in [6.45, 7) is 3.43. The highest BCUT2D eigenvalue weighted by molar-refractivity contribution is 6.31. The van der Waals surface area contributed by atoms with E-state index in [2.05, 4.69) is 6.92 Å². The standard InChI is InChI=1S/C14H22ClNO/c1-2-3-4-7-10-17-14(11-16)12-8-5-6-9-13(12)15/h5-6,8-9,14H,2-4,7,10-11,16H2,1H3. The summed E-state index contributed by atoms with van der Waals surface area (Å²) in [5.41, 5.74) is 6.72. The van der Waals surface area contributed by atoms with E-state index in [0.717, 1.165) is 23.6 Å². The molecule has 0 amide bonds. The third-order valence-electron chi connectivity index (χ3n) is 2.78. The van der Waals surface area contributed by atoms with Crippen molar-refractivity contribution in [3.63, 3.8) is 0 Å². The minimum Gasteiger partial charge on any atom is -0.372 e. The van der Waals surface area contributed by atoms with Gasteiger partial charge in [0.25, 0.3) is 0 Å². The Balaban J connectivity index is 2.41. The van der Waals surface area contributed by atoms with E-state index in [0.29, 0.717) is 6.54 Å². The molecule has 1 atom stereocenters. The van der Waals surface area contributed by atoms with E-state index in [1.165, 1.54) is 19.3 Å². The van der Waals surface area contributed by atoms with E-state index < -0.39 is 0 Å². The van der Waals surface area contributed by atoms with Gasteiger partial charge < -0.3 is 10.5 Å². The van der Waals surface area contributed by atoms with Crippen LogP contribution in [0.2, 0.25) is 5.02 Å². The molecule has 0 saturated heterocycles. The number of benzene rings is 1. The predicted molar refractivity (Wildman–Crippen MR) is 73.3 cm³/mol. The molecule has 1 aromatic rings. The third kappa shape index (κ3) is 5.07. The largest absolute Gasteiger partial charge is 0.372 e. The summed E-state index contributed by atoms with van der Waals surface area (Å²) < 4.78 is 5.80. The number of unbranched alkanes of at least 4 members (excludes halogenated alkanes) is 3. The van der Waals surface area contributed by atoms with Gasteiger partial charge in [-0.3, -0.25) is 0 Å². The van der Waals surface area contributed by atoms with Crippen LogP contribution in [0.1, 0.15) is 44.3 Å². The first kappa shape index (κ1) is 14.5. The van der Waals surface area contributed by atoms with Gasteiger partial charge >= 0.3 is 0 Å². The number of nitrogens with two attached hydrogens (primary N) is 1. The molecule has 0 heterocycles. The van der Waals surface area contributed by atoms with Crippen molar-refractivity contribution in [3.05, 3.63) is 34.9 Å². The molecule has 0 aromatic heterocycles. The Hall–Kier alpha value is -0.570. The van der Waals surface area contributed by atoms with E-state index in [1.54, 1.807) is 0 Å². The van der Waals surface area contributed by atoms with Gasteiger partial charge in [-0.25, -0.2) is 0 Å². The predicted octanol–water partition coefficient (Wildman–Crippen LogP) is 3.94. The molecule has 0 fully saturated rings. The smallest absolute Gasteiger partial charge is 0.0961 e. The van der Waals surface area contributed by atoms with Crippen LogP contribution in [0.25, 0.3) is 0 Å². The van der Waals surface area contributed by atoms with Crippen LogP contribution in [0.15, 0.2) is 24.3 Å². The van der Waals surface area contributed by atoms with Crippen LogP contribution in [-0.2, 0) is 4.74 Å². The van der Waals surface area contributed by atoms with Crippen molar-refractivity contribution >= 4 is 11.6 Å². The van der Waals surface area contributed by atoms with E-state index in [4.69, 9.17) is 22.1 Å². The maximum Gasteiger partial charge on any atom is 0.0961 e. The lowest BCUT2D eigenvalue weighted by molar-refractivity contribution is 0.0559. The van der Waals surface area contributed by atoms with Crippen molar-refractivity contribution in [2.45, 2.75) is 38.7 Å². The number of rotatable bonds is 8. The summed E-state index contributed by atoms with van der Waals surface area (Å²) in [4.78, 5) is 0. The van der Waals surface area contributed by atoms with Gasteiger partial charge in [-0.1, -0.05) is 56.0 Å². The van der Waals surface area contributed by atoms with E-state index in [1.807, 2.05) is 24.3 Å². The van der Waals surface area contributed by atoms with Gasteiger partial charge in [0.15, 0.2) is 0 Å². The first-order chi connectivity index (χ1) is 8.29. The topological polar surface area (TPSA) is 35.2 Å².